The quantitative estimate of drug-likeness (QED) is 0.826. The van der Waals surface area contributed by atoms with Gasteiger partial charge in [0.05, 0.1) is 12.3 Å². The van der Waals surface area contributed by atoms with Gasteiger partial charge < -0.3 is 15.8 Å². The van der Waals surface area contributed by atoms with Gasteiger partial charge in [-0.15, -0.1) is 0 Å². The number of ether oxygens (including phenoxy) is 1. The van der Waals surface area contributed by atoms with Gasteiger partial charge >= 0.3 is 0 Å². The predicted octanol–water partition coefficient (Wildman–Crippen LogP) is 2.91. The van der Waals surface area contributed by atoms with Crippen LogP contribution in [-0.4, -0.2) is 18.1 Å². The Morgan fingerprint density at radius 1 is 1.35 bits per heavy atom. The minimum atomic E-state index is 0.323. The Morgan fingerprint density at radius 2 is 2.06 bits per heavy atom. The largest absolute Gasteiger partial charge is 0.476 e. The van der Waals surface area contributed by atoms with E-state index in [1.54, 1.807) is 0 Å². The van der Waals surface area contributed by atoms with Crippen molar-refractivity contribution in [1.82, 2.24) is 4.98 Å². The minimum Gasteiger partial charge on any atom is -0.476 e. The summed E-state index contributed by atoms with van der Waals surface area (Å²) < 4.78 is 5.35. The van der Waals surface area contributed by atoms with E-state index in [-0.39, 0.29) is 0 Å². The molecular weight excluding hydrogens is 214 g/mol. The molecule has 0 aliphatic rings. The predicted molar refractivity (Wildman–Crippen MR) is 72.4 cm³/mol. The van der Waals surface area contributed by atoms with Crippen molar-refractivity contribution in [2.75, 3.05) is 24.2 Å². The summed E-state index contributed by atoms with van der Waals surface area (Å²) in [5.41, 5.74) is 6.66. The summed E-state index contributed by atoms with van der Waals surface area (Å²) in [5.74, 6) is 1.32. The van der Waals surface area contributed by atoms with E-state index in [1.165, 1.54) is 0 Å². The van der Waals surface area contributed by atoms with E-state index in [4.69, 9.17) is 10.5 Å². The van der Waals surface area contributed by atoms with Crippen LogP contribution in [-0.2, 0) is 0 Å². The van der Waals surface area contributed by atoms with Crippen LogP contribution >= 0.6 is 0 Å². The Kier molecular flexibility index (Phi) is 4.61. The van der Waals surface area contributed by atoms with E-state index in [1.807, 2.05) is 19.1 Å². The fraction of sp³-hybridized carbons (Fsp3) is 0.615. The van der Waals surface area contributed by atoms with Gasteiger partial charge in [0.1, 0.15) is 5.82 Å². The lowest BCUT2D eigenvalue weighted by atomic mass is 9.92. The van der Waals surface area contributed by atoms with Crippen molar-refractivity contribution in [3.8, 4) is 5.88 Å². The number of nitrogens with zero attached hydrogens (tertiary/aromatic N) is 1. The lowest BCUT2D eigenvalue weighted by molar-refractivity contribution is 0.329. The van der Waals surface area contributed by atoms with Crippen molar-refractivity contribution in [2.24, 2.45) is 5.41 Å². The van der Waals surface area contributed by atoms with Gasteiger partial charge in [-0.3, -0.25) is 0 Å². The Hall–Kier alpha value is -1.45. The third-order valence-corrected chi connectivity index (χ3v) is 2.35. The first kappa shape index (κ1) is 13.6. The van der Waals surface area contributed by atoms with Crippen LogP contribution in [0.1, 0.15) is 34.1 Å². The zero-order chi connectivity index (χ0) is 12.9. The number of aromatic nitrogens is 1. The van der Waals surface area contributed by atoms with E-state index in [2.05, 4.69) is 31.1 Å². The number of nitrogens with two attached hydrogens (primary N) is 1. The first-order valence-electron chi connectivity index (χ1n) is 6.05. The third-order valence-electron chi connectivity index (χ3n) is 2.35. The smallest absolute Gasteiger partial charge is 0.239 e. The summed E-state index contributed by atoms with van der Waals surface area (Å²) in [6, 6.07) is 3.69. The number of hydrogen-bond donors (Lipinski definition) is 2. The molecule has 0 unspecified atom stereocenters. The van der Waals surface area contributed by atoms with Crippen molar-refractivity contribution < 1.29 is 4.74 Å². The van der Waals surface area contributed by atoms with Crippen LogP contribution in [0, 0.1) is 5.41 Å². The molecule has 0 atom stereocenters. The van der Waals surface area contributed by atoms with Crippen molar-refractivity contribution in [3.05, 3.63) is 12.1 Å². The number of nitrogen functional groups attached to an aromatic ring is 1. The molecule has 0 amide bonds. The second-order valence-electron chi connectivity index (χ2n) is 5.26. The van der Waals surface area contributed by atoms with Gasteiger partial charge in [-0.05, 0) is 30.9 Å². The Bertz CT molecular complexity index is 358. The Morgan fingerprint density at radius 3 is 2.65 bits per heavy atom. The van der Waals surface area contributed by atoms with E-state index in [0.29, 0.717) is 23.6 Å². The maximum atomic E-state index is 5.76. The van der Waals surface area contributed by atoms with Gasteiger partial charge in [0, 0.05) is 6.54 Å². The molecule has 1 aromatic heterocycles. The molecule has 1 rings (SSSR count). The first-order valence-corrected chi connectivity index (χ1v) is 6.05. The highest BCUT2D eigenvalue weighted by Crippen LogP contribution is 2.22. The summed E-state index contributed by atoms with van der Waals surface area (Å²) in [5, 5.41) is 3.28. The van der Waals surface area contributed by atoms with Crippen LogP contribution in [0.4, 0.5) is 11.5 Å². The van der Waals surface area contributed by atoms with Gasteiger partial charge in [0.2, 0.25) is 5.88 Å². The second kappa shape index (κ2) is 5.75. The lowest BCUT2D eigenvalue weighted by Gasteiger charge is -2.18. The zero-order valence-corrected chi connectivity index (χ0v) is 11.2. The number of pyridine rings is 1. The summed E-state index contributed by atoms with van der Waals surface area (Å²) in [7, 11) is 0. The monoisotopic (exact) mass is 237 g/mol. The van der Waals surface area contributed by atoms with E-state index in [9.17, 15) is 0 Å². The molecule has 4 nitrogen and oxygen atoms in total. The van der Waals surface area contributed by atoms with Gasteiger partial charge in [-0.2, -0.15) is 4.98 Å². The highest BCUT2D eigenvalue weighted by molar-refractivity contribution is 5.53. The maximum Gasteiger partial charge on any atom is 0.239 e. The van der Waals surface area contributed by atoms with Gasteiger partial charge in [0.25, 0.3) is 0 Å². The lowest BCUT2D eigenvalue weighted by Crippen LogP contribution is -2.13. The Balaban J connectivity index is 2.57. The number of hydrogen-bond acceptors (Lipinski definition) is 4. The molecule has 17 heavy (non-hydrogen) atoms. The van der Waals surface area contributed by atoms with E-state index in [0.717, 1.165) is 18.8 Å². The van der Waals surface area contributed by atoms with Crippen molar-refractivity contribution in [1.29, 1.82) is 0 Å². The van der Waals surface area contributed by atoms with Crippen LogP contribution in [0.2, 0.25) is 0 Å². The SMILES string of the molecule is CCOc1nc(NCCC(C)(C)C)ccc1N. The highest BCUT2D eigenvalue weighted by atomic mass is 16.5. The summed E-state index contributed by atoms with van der Waals surface area (Å²) in [4.78, 5) is 4.32. The van der Waals surface area contributed by atoms with Crippen molar-refractivity contribution in [2.45, 2.75) is 34.1 Å². The molecule has 0 aliphatic heterocycles. The zero-order valence-electron chi connectivity index (χ0n) is 11.2. The van der Waals surface area contributed by atoms with Crippen molar-refractivity contribution in [3.63, 3.8) is 0 Å². The highest BCUT2D eigenvalue weighted by Gasteiger charge is 2.09. The second-order valence-corrected chi connectivity index (χ2v) is 5.26. The van der Waals surface area contributed by atoms with Crippen LogP contribution in [0.5, 0.6) is 5.88 Å². The van der Waals surface area contributed by atoms with E-state index < -0.39 is 0 Å². The average Bonchev–Trinajstić information content (AvgIpc) is 2.21. The minimum absolute atomic E-state index is 0.323. The summed E-state index contributed by atoms with van der Waals surface area (Å²) in [6.45, 7) is 10.0. The van der Waals surface area contributed by atoms with E-state index >= 15 is 0 Å². The topological polar surface area (TPSA) is 60.2 Å². The fourth-order valence-electron chi connectivity index (χ4n) is 1.37. The molecule has 0 radical (unpaired) electrons. The van der Waals surface area contributed by atoms with Crippen LogP contribution in [0.3, 0.4) is 0 Å². The fourth-order valence-corrected chi connectivity index (χ4v) is 1.37. The molecule has 0 saturated carbocycles. The molecule has 0 bridgehead atoms. The molecule has 0 spiro atoms. The average molecular weight is 237 g/mol. The third kappa shape index (κ3) is 4.93. The summed E-state index contributed by atoms with van der Waals surface area (Å²) >= 11 is 0. The number of rotatable bonds is 5. The van der Waals surface area contributed by atoms with Crippen LogP contribution < -0.4 is 15.8 Å². The molecular formula is C13H23N3O. The number of nitrogens with one attached hydrogen (secondary N) is 1. The molecule has 0 fully saturated rings. The normalized spacial score (nSPS) is 11.3. The first-order chi connectivity index (χ1) is 7.92. The van der Waals surface area contributed by atoms with Crippen molar-refractivity contribution >= 4 is 11.5 Å². The molecule has 0 aliphatic carbocycles. The molecule has 4 heteroatoms. The van der Waals surface area contributed by atoms with Gasteiger partial charge in [-0.1, -0.05) is 20.8 Å². The van der Waals surface area contributed by atoms with Gasteiger partial charge in [0.15, 0.2) is 0 Å². The van der Waals surface area contributed by atoms with Crippen LogP contribution in [0.25, 0.3) is 0 Å². The molecule has 96 valence electrons. The number of anilines is 2. The standard InChI is InChI=1S/C13H23N3O/c1-5-17-12-10(14)6-7-11(16-12)15-9-8-13(2,3)4/h6-7H,5,8-9,14H2,1-4H3,(H,15,16). The Labute approximate surface area is 104 Å². The molecule has 1 heterocycles. The van der Waals surface area contributed by atoms with Gasteiger partial charge in [-0.25, -0.2) is 0 Å². The maximum absolute atomic E-state index is 5.76. The molecule has 0 aromatic carbocycles. The molecule has 0 saturated heterocycles. The molecule has 1 aromatic rings. The van der Waals surface area contributed by atoms with Crippen LogP contribution in [0.15, 0.2) is 12.1 Å². The molecule has 3 N–H and O–H groups in total. The summed E-state index contributed by atoms with van der Waals surface area (Å²) in [6.07, 6.45) is 1.09.